The van der Waals surface area contributed by atoms with Crippen LogP contribution in [-0.4, -0.2) is 30.6 Å². The van der Waals surface area contributed by atoms with Crippen molar-refractivity contribution in [3.05, 3.63) is 0 Å². The Balaban J connectivity index is 1.98. The molecule has 0 aliphatic carbocycles. The molecule has 2 bridgehead atoms. The predicted octanol–water partition coefficient (Wildman–Crippen LogP) is 0.578. The Bertz CT molecular complexity index is 179. The van der Waals surface area contributed by atoms with Gasteiger partial charge in [-0.25, -0.2) is 0 Å². The van der Waals surface area contributed by atoms with Gasteiger partial charge in [0.25, 0.3) is 6.26 Å². The van der Waals surface area contributed by atoms with Crippen molar-refractivity contribution in [2.45, 2.75) is 18.9 Å². The third kappa shape index (κ3) is 1.19. The number of fused-ring (bicyclic) bond motifs is 3. The van der Waals surface area contributed by atoms with E-state index in [4.69, 9.17) is 10.00 Å². The Kier molecular flexibility index (Phi) is 1.71. The van der Waals surface area contributed by atoms with Gasteiger partial charge in [-0.15, -0.1) is 0 Å². The largest absolute Gasteiger partial charge is 0.423 e. The summed E-state index contributed by atoms with van der Waals surface area (Å²) in [6.07, 6.45) is 4.42. The lowest BCUT2D eigenvalue weighted by Gasteiger charge is -2.42. The van der Waals surface area contributed by atoms with Crippen LogP contribution in [0.3, 0.4) is 0 Å². The highest BCUT2D eigenvalue weighted by molar-refractivity contribution is 4.88. The number of rotatable bonds is 1. The first-order valence-electron chi connectivity index (χ1n) is 4.17. The number of hydrogen-bond donors (Lipinski definition) is 0. The summed E-state index contributed by atoms with van der Waals surface area (Å²) in [5.74, 6) is 0.652. The zero-order valence-electron chi connectivity index (χ0n) is 6.49. The van der Waals surface area contributed by atoms with Crippen LogP contribution in [0.25, 0.3) is 0 Å². The molecule has 0 saturated carbocycles. The lowest BCUT2D eigenvalue weighted by molar-refractivity contribution is -0.0244. The van der Waals surface area contributed by atoms with Crippen molar-refractivity contribution < 1.29 is 4.74 Å². The van der Waals surface area contributed by atoms with Crippen molar-refractivity contribution in [2.24, 2.45) is 5.92 Å². The van der Waals surface area contributed by atoms with E-state index in [0.717, 1.165) is 6.54 Å². The van der Waals surface area contributed by atoms with Gasteiger partial charge < -0.3 is 4.74 Å². The van der Waals surface area contributed by atoms with Gasteiger partial charge in [0.05, 0.1) is 0 Å². The van der Waals surface area contributed by atoms with E-state index in [2.05, 4.69) is 4.90 Å². The van der Waals surface area contributed by atoms with Crippen LogP contribution in [0.15, 0.2) is 0 Å². The number of ether oxygens (including phenoxy) is 1. The van der Waals surface area contributed by atoms with Gasteiger partial charge in [0.1, 0.15) is 6.10 Å². The fourth-order valence-electron chi connectivity index (χ4n) is 2.11. The van der Waals surface area contributed by atoms with Crippen molar-refractivity contribution in [1.29, 1.82) is 5.26 Å². The van der Waals surface area contributed by atoms with E-state index < -0.39 is 0 Å². The molecule has 0 aromatic carbocycles. The maximum Gasteiger partial charge on any atom is 0.286 e. The first kappa shape index (κ1) is 6.93. The highest BCUT2D eigenvalue weighted by Gasteiger charge is 2.35. The van der Waals surface area contributed by atoms with Gasteiger partial charge in [0.15, 0.2) is 0 Å². The molecule has 1 atom stereocenters. The number of hydrogen-bond acceptors (Lipinski definition) is 3. The Morgan fingerprint density at radius 2 is 2.09 bits per heavy atom. The molecule has 0 aromatic rings. The van der Waals surface area contributed by atoms with Crippen LogP contribution >= 0.6 is 0 Å². The van der Waals surface area contributed by atoms with E-state index in [1.807, 2.05) is 0 Å². The molecule has 3 aliphatic rings. The third-order valence-corrected chi connectivity index (χ3v) is 2.80. The molecule has 0 spiro atoms. The van der Waals surface area contributed by atoms with E-state index in [1.54, 1.807) is 6.26 Å². The van der Waals surface area contributed by atoms with E-state index in [-0.39, 0.29) is 6.10 Å². The van der Waals surface area contributed by atoms with Gasteiger partial charge in [-0.3, -0.25) is 4.90 Å². The summed E-state index contributed by atoms with van der Waals surface area (Å²) in [5, 5.41) is 8.36. The first-order chi connectivity index (χ1) is 5.40. The summed E-state index contributed by atoms with van der Waals surface area (Å²) in [7, 11) is 0. The molecule has 3 aliphatic heterocycles. The second-order valence-electron chi connectivity index (χ2n) is 3.39. The van der Waals surface area contributed by atoms with Crippen molar-refractivity contribution in [3.63, 3.8) is 0 Å². The minimum atomic E-state index is 0.197. The molecule has 0 aromatic heterocycles. The fraction of sp³-hybridized carbons (Fsp3) is 0.875. The highest BCUT2D eigenvalue weighted by Crippen LogP contribution is 2.29. The minimum absolute atomic E-state index is 0.197. The zero-order valence-corrected chi connectivity index (χ0v) is 6.49. The molecule has 0 amide bonds. The first-order valence-corrected chi connectivity index (χ1v) is 4.17. The predicted molar refractivity (Wildman–Crippen MR) is 39.7 cm³/mol. The van der Waals surface area contributed by atoms with E-state index in [0.29, 0.717) is 5.92 Å². The molecule has 0 N–H and O–H groups in total. The molecule has 3 heteroatoms. The van der Waals surface area contributed by atoms with Crippen LogP contribution in [0.4, 0.5) is 0 Å². The Morgan fingerprint density at radius 1 is 1.36 bits per heavy atom. The van der Waals surface area contributed by atoms with E-state index >= 15 is 0 Å². The van der Waals surface area contributed by atoms with Gasteiger partial charge in [-0.2, -0.15) is 5.26 Å². The molecule has 3 nitrogen and oxygen atoms in total. The molecule has 3 rings (SSSR count). The van der Waals surface area contributed by atoms with Crippen LogP contribution in [0, 0.1) is 17.4 Å². The number of piperidine rings is 3. The van der Waals surface area contributed by atoms with Gasteiger partial charge in [0, 0.05) is 12.5 Å². The number of nitrogens with zero attached hydrogens (tertiary/aromatic N) is 2. The molecule has 3 fully saturated rings. The van der Waals surface area contributed by atoms with Gasteiger partial charge in [0.2, 0.25) is 0 Å². The smallest absolute Gasteiger partial charge is 0.286 e. The molecular formula is C8H12N2O. The Hall–Kier alpha value is -0.750. The maximum absolute atomic E-state index is 8.36. The minimum Gasteiger partial charge on any atom is -0.423 e. The topological polar surface area (TPSA) is 36.3 Å². The Morgan fingerprint density at radius 3 is 2.55 bits per heavy atom. The summed E-state index contributed by atoms with van der Waals surface area (Å²) in [5.41, 5.74) is 0. The van der Waals surface area contributed by atoms with Gasteiger partial charge >= 0.3 is 0 Å². The quantitative estimate of drug-likeness (QED) is 0.516. The monoisotopic (exact) mass is 152 g/mol. The maximum atomic E-state index is 8.36. The van der Waals surface area contributed by atoms with Crippen molar-refractivity contribution in [1.82, 2.24) is 4.90 Å². The second kappa shape index (κ2) is 2.71. The van der Waals surface area contributed by atoms with Gasteiger partial charge in [-0.1, -0.05) is 0 Å². The molecule has 11 heavy (non-hydrogen) atoms. The molecular weight excluding hydrogens is 140 g/mol. The summed E-state index contributed by atoms with van der Waals surface area (Å²) in [6, 6.07) is 0. The fourth-order valence-corrected chi connectivity index (χ4v) is 2.11. The summed E-state index contributed by atoms with van der Waals surface area (Å²) < 4.78 is 4.98. The number of nitriles is 1. The Labute approximate surface area is 66.5 Å². The molecule has 1 unspecified atom stereocenters. The average molecular weight is 152 g/mol. The molecule has 3 heterocycles. The van der Waals surface area contributed by atoms with Crippen LogP contribution in [0.2, 0.25) is 0 Å². The third-order valence-electron chi connectivity index (χ3n) is 2.80. The highest BCUT2D eigenvalue weighted by atomic mass is 16.5. The van der Waals surface area contributed by atoms with Crippen LogP contribution in [0.1, 0.15) is 12.8 Å². The molecule has 3 saturated heterocycles. The molecule has 0 radical (unpaired) electrons. The van der Waals surface area contributed by atoms with E-state index in [9.17, 15) is 0 Å². The van der Waals surface area contributed by atoms with Gasteiger partial charge in [-0.05, 0) is 25.9 Å². The SMILES string of the molecule is N#COC1CN2CCC1CC2. The standard InChI is InChI=1S/C8H12N2O/c9-6-11-8-5-10-3-1-7(8)2-4-10/h7-8H,1-5H2. The lowest BCUT2D eigenvalue weighted by atomic mass is 9.86. The lowest BCUT2D eigenvalue weighted by Crippen LogP contribution is -2.50. The summed E-state index contributed by atoms with van der Waals surface area (Å²) in [4.78, 5) is 2.38. The average Bonchev–Trinajstić information content (AvgIpc) is 2.07. The summed E-state index contributed by atoms with van der Waals surface area (Å²) in [6.45, 7) is 3.38. The zero-order chi connectivity index (χ0) is 7.68. The van der Waals surface area contributed by atoms with E-state index in [1.165, 1.54) is 25.9 Å². The van der Waals surface area contributed by atoms with Crippen molar-refractivity contribution >= 4 is 0 Å². The van der Waals surface area contributed by atoms with Crippen LogP contribution in [0.5, 0.6) is 0 Å². The normalized spacial score (nSPS) is 41.5. The molecule has 60 valence electrons. The van der Waals surface area contributed by atoms with Crippen molar-refractivity contribution in [3.8, 4) is 6.26 Å². The summed E-state index contributed by atoms with van der Waals surface area (Å²) >= 11 is 0. The van der Waals surface area contributed by atoms with Crippen LogP contribution in [-0.2, 0) is 4.74 Å². The second-order valence-corrected chi connectivity index (χ2v) is 3.39. The van der Waals surface area contributed by atoms with Crippen LogP contribution < -0.4 is 0 Å². The van der Waals surface area contributed by atoms with Crippen molar-refractivity contribution in [2.75, 3.05) is 19.6 Å².